The lowest BCUT2D eigenvalue weighted by Crippen LogP contribution is -1.81. The van der Waals surface area contributed by atoms with Gasteiger partial charge in [0.25, 0.3) is 0 Å². The fraction of sp³-hybridized carbons (Fsp3) is 0.0769. The Morgan fingerprint density at radius 1 is 0.500 bits per heavy atom. The minimum absolute atomic E-state index is 1.03. The number of benzene rings is 2. The van der Waals surface area contributed by atoms with Crippen molar-refractivity contribution in [2.75, 3.05) is 0 Å². The Morgan fingerprint density at radius 3 is 1.21 bits per heavy atom. The zero-order chi connectivity index (χ0) is 19.3. The van der Waals surface area contributed by atoms with Gasteiger partial charge in [-0.05, 0) is 83.3 Å². The van der Waals surface area contributed by atoms with Crippen LogP contribution in [0.3, 0.4) is 0 Å². The molecule has 0 atom stereocenters. The molecule has 0 aliphatic rings. The van der Waals surface area contributed by atoms with Crippen LogP contribution in [0.4, 0.5) is 0 Å². The van der Waals surface area contributed by atoms with E-state index in [9.17, 15) is 0 Å². The average Bonchev–Trinajstić information content (AvgIpc) is 3.33. The number of hydrogen-bond acceptors (Lipinski definition) is 2. The first kappa shape index (κ1) is 18.3. The number of rotatable bonds is 1. The van der Waals surface area contributed by atoms with Gasteiger partial charge in [-0.1, -0.05) is 47.9 Å². The van der Waals surface area contributed by atoms with Crippen molar-refractivity contribution in [3.05, 3.63) is 103 Å². The molecule has 4 rings (SSSR count). The summed E-state index contributed by atoms with van der Waals surface area (Å²) in [5, 5.41) is 4.16. The van der Waals surface area contributed by atoms with E-state index in [2.05, 4.69) is 109 Å². The number of thiophene rings is 2. The van der Waals surface area contributed by atoms with Gasteiger partial charge in [-0.2, -0.15) is 0 Å². The van der Waals surface area contributed by atoms with Crippen LogP contribution in [-0.4, -0.2) is 0 Å². The Morgan fingerprint density at radius 2 is 0.893 bits per heavy atom. The van der Waals surface area contributed by atoms with Gasteiger partial charge >= 0.3 is 0 Å². The summed E-state index contributed by atoms with van der Waals surface area (Å²) in [5.74, 6) is 13.0. The van der Waals surface area contributed by atoms with Crippen molar-refractivity contribution in [1.82, 2.24) is 0 Å². The van der Waals surface area contributed by atoms with Crippen LogP contribution in [0, 0.1) is 37.5 Å². The molecule has 0 saturated carbocycles. The van der Waals surface area contributed by atoms with Gasteiger partial charge in [0.2, 0.25) is 0 Å². The molecule has 0 fully saturated rings. The molecular formula is C26H18S2. The molecule has 0 bridgehead atoms. The Hall–Kier alpha value is -3.04. The smallest absolute Gasteiger partial charge is 0.0801 e. The summed E-state index contributed by atoms with van der Waals surface area (Å²) in [5.41, 5.74) is 6.92. The second-order valence-electron chi connectivity index (χ2n) is 6.52. The van der Waals surface area contributed by atoms with Crippen molar-refractivity contribution < 1.29 is 0 Å². The predicted octanol–water partition coefficient (Wildman–Crippen LogP) is 6.89. The van der Waals surface area contributed by atoms with E-state index in [1.165, 1.54) is 22.3 Å². The van der Waals surface area contributed by atoms with Crippen molar-refractivity contribution >= 4 is 22.7 Å². The zero-order valence-corrected chi connectivity index (χ0v) is 17.4. The highest BCUT2D eigenvalue weighted by Gasteiger charge is 1.99. The lowest BCUT2D eigenvalue weighted by Gasteiger charge is -2.02. The lowest BCUT2D eigenvalue weighted by atomic mass is 10.0. The van der Waals surface area contributed by atoms with E-state index in [0.29, 0.717) is 0 Å². The molecule has 2 aromatic carbocycles. The molecule has 0 saturated heterocycles. The maximum atomic E-state index is 3.26. The second kappa shape index (κ2) is 8.32. The van der Waals surface area contributed by atoms with Gasteiger partial charge < -0.3 is 0 Å². The van der Waals surface area contributed by atoms with Crippen LogP contribution in [0.25, 0.3) is 11.1 Å². The van der Waals surface area contributed by atoms with Gasteiger partial charge in [-0.25, -0.2) is 0 Å². The fourth-order valence-electron chi connectivity index (χ4n) is 2.75. The third kappa shape index (κ3) is 4.26. The molecule has 0 amide bonds. The largest absolute Gasteiger partial charge is 0.135 e. The molecule has 2 heteroatoms. The Balaban J connectivity index is 1.49. The predicted molar refractivity (Wildman–Crippen MR) is 122 cm³/mol. The highest BCUT2D eigenvalue weighted by atomic mass is 32.1. The summed E-state index contributed by atoms with van der Waals surface area (Å²) in [6, 6.07) is 21.0. The summed E-state index contributed by atoms with van der Waals surface area (Å²) in [6.07, 6.45) is 0. The van der Waals surface area contributed by atoms with Gasteiger partial charge in [0.1, 0.15) is 0 Å². The average molecular weight is 395 g/mol. The zero-order valence-electron chi connectivity index (χ0n) is 15.7. The van der Waals surface area contributed by atoms with Crippen LogP contribution < -0.4 is 0 Å². The van der Waals surface area contributed by atoms with Crippen LogP contribution in [-0.2, 0) is 0 Å². The molecule has 134 valence electrons. The SMILES string of the molecule is Cc1ccsc1C#Cc1ccc(-c2ccc(C#Cc3sccc3C)cc2)cc1. The number of hydrogen-bond donors (Lipinski definition) is 0. The van der Waals surface area contributed by atoms with E-state index in [0.717, 1.165) is 20.9 Å². The molecular weight excluding hydrogens is 376 g/mol. The van der Waals surface area contributed by atoms with Crippen LogP contribution in [0.1, 0.15) is 32.0 Å². The van der Waals surface area contributed by atoms with Crippen LogP contribution in [0.15, 0.2) is 71.4 Å². The lowest BCUT2D eigenvalue weighted by molar-refractivity contribution is 1.53. The fourth-order valence-corrected chi connectivity index (χ4v) is 4.30. The van der Waals surface area contributed by atoms with E-state index >= 15 is 0 Å². The van der Waals surface area contributed by atoms with Gasteiger partial charge in [-0.3, -0.25) is 0 Å². The van der Waals surface area contributed by atoms with E-state index in [-0.39, 0.29) is 0 Å². The highest BCUT2D eigenvalue weighted by Crippen LogP contribution is 2.21. The molecule has 0 aliphatic heterocycles. The van der Waals surface area contributed by atoms with E-state index in [1.54, 1.807) is 22.7 Å². The summed E-state index contributed by atoms with van der Waals surface area (Å²) < 4.78 is 0. The van der Waals surface area contributed by atoms with Crippen molar-refractivity contribution in [2.24, 2.45) is 0 Å². The maximum absolute atomic E-state index is 3.26. The minimum atomic E-state index is 1.03. The summed E-state index contributed by atoms with van der Waals surface area (Å²) in [4.78, 5) is 2.28. The first-order chi connectivity index (χ1) is 13.7. The molecule has 0 spiro atoms. The molecule has 4 aromatic rings. The van der Waals surface area contributed by atoms with E-state index in [4.69, 9.17) is 0 Å². The molecule has 2 heterocycles. The van der Waals surface area contributed by atoms with Crippen molar-refractivity contribution in [3.63, 3.8) is 0 Å². The third-order valence-electron chi connectivity index (χ3n) is 4.47. The van der Waals surface area contributed by atoms with Crippen LogP contribution >= 0.6 is 22.7 Å². The second-order valence-corrected chi connectivity index (χ2v) is 8.35. The third-order valence-corrected chi connectivity index (χ3v) is 6.33. The normalized spacial score (nSPS) is 9.93. The van der Waals surface area contributed by atoms with Crippen molar-refractivity contribution in [2.45, 2.75) is 13.8 Å². The Labute approximate surface area is 174 Å². The Bertz CT molecular complexity index is 1110. The minimum Gasteiger partial charge on any atom is -0.135 e. The molecule has 28 heavy (non-hydrogen) atoms. The quantitative estimate of drug-likeness (QED) is 0.308. The molecule has 0 unspecified atom stereocenters. The van der Waals surface area contributed by atoms with Gasteiger partial charge in [-0.15, -0.1) is 22.7 Å². The van der Waals surface area contributed by atoms with Gasteiger partial charge in [0.05, 0.1) is 9.75 Å². The molecule has 0 radical (unpaired) electrons. The van der Waals surface area contributed by atoms with E-state index < -0.39 is 0 Å². The number of aryl methyl sites for hydroxylation is 2. The first-order valence-electron chi connectivity index (χ1n) is 9.02. The van der Waals surface area contributed by atoms with Gasteiger partial charge in [0, 0.05) is 11.1 Å². The topological polar surface area (TPSA) is 0 Å². The van der Waals surface area contributed by atoms with E-state index in [1.807, 2.05) is 0 Å². The molecule has 0 N–H and O–H groups in total. The van der Waals surface area contributed by atoms with Crippen molar-refractivity contribution in [3.8, 4) is 34.8 Å². The molecule has 2 aromatic heterocycles. The summed E-state index contributed by atoms with van der Waals surface area (Å²) in [7, 11) is 0. The molecule has 0 aliphatic carbocycles. The maximum Gasteiger partial charge on any atom is 0.0801 e. The van der Waals surface area contributed by atoms with Gasteiger partial charge in [0.15, 0.2) is 0 Å². The molecule has 0 nitrogen and oxygen atoms in total. The van der Waals surface area contributed by atoms with Crippen molar-refractivity contribution in [1.29, 1.82) is 0 Å². The first-order valence-corrected chi connectivity index (χ1v) is 10.8. The van der Waals surface area contributed by atoms with Crippen LogP contribution in [0.2, 0.25) is 0 Å². The summed E-state index contributed by atoms with van der Waals surface area (Å²) in [6.45, 7) is 4.19. The standard InChI is InChI=1S/C26H18S2/c1-19-15-17-27-25(19)13-7-21-3-9-23(10-4-21)24-11-5-22(6-12-24)8-14-26-20(2)16-18-28-26/h3-6,9-12,15-18H,1-2H3. The highest BCUT2D eigenvalue weighted by molar-refractivity contribution is 7.11. The van der Waals surface area contributed by atoms with Crippen LogP contribution in [0.5, 0.6) is 0 Å². The summed E-state index contributed by atoms with van der Waals surface area (Å²) >= 11 is 3.38. The Kier molecular flexibility index (Phi) is 5.45. The monoisotopic (exact) mass is 394 g/mol.